The van der Waals surface area contributed by atoms with E-state index in [-0.39, 0.29) is 25.4 Å². The van der Waals surface area contributed by atoms with E-state index < -0.39 is 115 Å². The molecule has 7 atom stereocenters. The lowest BCUT2D eigenvalue weighted by Crippen LogP contribution is -2.65. The van der Waals surface area contributed by atoms with Crippen LogP contribution in [-0.4, -0.2) is 132 Å². The molecule has 0 saturated carbocycles. The van der Waals surface area contributed by atoms with Gasteiger partial charge in [0.2, 0.25) is 29.5 Å². The number of aliphatic imine (C=N–C) groups is 1. The van der Waals surface area contributed by atoms with Crippen LogP contribution >= 0.6 is 0 Å². The largest absolute Gasteiger partial charge is 0.445 e. The van der Waals surface area contributed by atoms with Crippen molar-refractivity contribution in [1.29, 1.82) is 0 Å². The summed E-state index contributed by atoms with van der Waals surface area (Å²) in [4.78, 5) is 109. The average molecular weight is 819 g/mol. The van der Waals surface area contributed by atoms with Crippen molar-refractivity contribution in [2.45, 2.75) is 74.7 Å². The molecule has 1 fully saturated rings. The van der Waals surface area contributed by atoms with Gasteiger partial charge in [-0.15, -0.1) is 0 Å². The van der Waals surface area contributed by atoms with E-state index in [2.05, 4.69) is 47.5 Å². The first-order valence-electron chi connectivity index (χ1n) is 17.9. The van der Waals surface area contributed by atoms with Gasteiger partial charge in [0, 0.05) is 31.6 Å². The number of guanidine groups is 1. The van der Waals surface area contributed by atoms with Crippen molar-refractivity contribution in [2.24, 2.45) is 27.9 Å². The molecule has 1 saturated heterocycles. The van der Waals surface area contributed by atoms with Gasteiger partial charge in [-0.3, -0.25) is 34.1 Å². The van der Waals surface area contributed by atoms with Crippen LogP contribution in [0.5, 0.6) is 0 Å². The van der Waals surface area contributed by atoms with Crippen molar-refractivity contribution < 1.29 is 53.3 Å². The van der Waals surface area contributed by atoms with Crippen molar-refractivity contribution in [3.63, 3.8) is 0 Å². The maximum absolute atomic E-state index is 14.0. The van der Waals surface area contributed by atoms with Gasteiger partial charge in [0.05, 0.1) is 19.3 Å². The minimum atomic E-state index is -1.81. The highest BCUT2D eigenvalue weighted by Crippen LogP contribution is 2.12. The molecule has 19 N–H and O–H groups in total. The third kappa shape index (κ3) is 14.8. The van der Waals surface area contributed by atoms with Gasteiger partial charge < -0.3 is 80.4 Å². The van der Waals surface area contributed by atoms with Gasteiger partial charge in [-0.1, -0.05) is 30.3 Å². The molecule has 0 spiro atoms. The summed E-state index contributed by atoms with van der Waals surface area (Å²) in [6, 6.07) is -1.19. The lowest BCUT2D eigenvalue weighted by Gasteiger charge is -2.34. The summed E-state index contributed by atoms with van der Waals surface area (Å²) >= 11 is 0. The molecule has 2 heterocycles. The monoisotopic (exact) mass is 818 g/mol. The lowest BCUT2D eigenvalue weighted by atomic mass is 10.00. The maximum atomic E-state index is 14.0. The second kappa shape index (κ2) is 22.9. The number of nitrogens with two attached hydrogens (primary N) is 4. The summed E-state index contributed by atoms with van der Waals surface area (Å²) in [5, 5.41) is 40.8. The second-order valence-corrected chi connectivity index (χ2v) is 13.0. The van der Waals surface area contributed by atoms with E-state index in [1.807, 2.05) is 5.32 Å². The van der Waals surface area contributed by atoms with Crippen LogP contribution in [0.2, 0.25) is 0 Å². The third-order valence-corrected chi connectivity index (χ3v) is 8.43. The molecule has 2 aliphatic rings. The van der Waals surface area contributed by atoms with Crippen molar-refractivity contribution in [3.8, 4) is 0 Å². The number of hydrogen-bond acceptors (Lipinski definition) is 16. The Morgan fingerprint density at radius 2 is 1.60 bits per heavy atom. The number of alkyl carbamates (subject to hydrolysis) is 1. The first-order chi connectivity index (χ1) is 27.6. The Hall–Kier alpha value is -6.57. The number of nitrogens with one attached hydrogen (secondary N) is 9. The number of hydrogen-bond donors (Lipinski definition) is 15. The van der Waals surface area contributed by atoms with E-state index in [1.165, 1.54) is 0 Å². The first kappa shape index (κ1) is 45.8. The number of urea groups is 1. The zero-order chi connectivity index (χ0) is 42.8. The highest BCUT2D eigenvalue weighted by molar-refractivity contribution is 6.02. The SMILES string of the molecule is NCCC[C@H](N)CC(=O)NC1CNC(=O)[C@@H](C2CC(NC(=O)OCc3ccccc3)N=C(N)N2)NC(=O)/C(=C/NC(N)=O)NC(=O)[C@@H](CO)NC(=O)[C@@H](CO)NC1=O. The first-order valence-corrected chi connectivity index (χ1v) is 17.9. The minimum absolute atomic E-state index is 0.0910. The number of nitrogens with zero attached hydrogens (tertiary/aromatic N) is 1. The fourth-order valence-corrected chi connectivity index (χ4v) is 5.48. The number of primary amides is 1. The molecule has 2 aliphatic heterocycles. The van der Waals surface area contributed by atoms with Crippen LogP contribution in [0, 0.1) is 0 Å². The number of rotatable bonds is 13. The number of benzene rings is 1. The van der Waals surface area contributed by atoms with Gasteiger partial charge in [0.25, 0.3) is 5.91 Å². The van der Waals surface area contributed by atoms with E-state index in [0.29, 0.717) is 31.1 Å². The molecule has 0 aliphatic carbocycles. The predicted octanol–water partition coefficient (Wildman–Crippen LogP) is -6.95. The summed E-state index contributed by atoms with van der Waals surface area (Å²) in [6.07, 6.45) is -0.983. The number of aliphatic hydroxyl groups excluding tert-OH is 2. The number of amides is 9. The van der Waals surface area contributed by atoms with Crippen molar-refractivity contribution >= 4 is 53.5 Å². The van der Waals surface area contributed by atoms with Gasteiger partial charge >= 0.3 is 12.1 Å². The van der Waals surface area contributed by atoms with Gasteiger partial charge in [0.15, 0.2) is 5.96 Å². The normalized spacial score (nSPS) is 24.6. The lowest BCUT2D eigenvalue weighted by molar-refractivity contribution is -0.135. The van der Waals surface area contributed by atoms with Gasteiger partial charge in [0.1, 0.15) is 42.6 Å². The van der Waals surface area contributed by atoms with Crippen LogP contribution in [0.3, 0.4) is 0 Å². The number of carbonyl (C=O) groups excluding carboxylic acids is 8. The minimum Gasteiger partial charge on any atom is -0.445 e. The van der Waals surface area contributed by atoms with E-state index in [9.17, 15) is 48.6 Å². The molecule has 0 radical (unpaired) electrons. The highest BCUT2D eigenvalue weighted by Gasteiger charge is 2.38. The maximum Gasteiger partial charge on any atom is 0.409 e. The van der Waals surface area contributed by atoms with Crippen molar-refractivity contribution in [1.82, 2.24) is 47.9 Å². The Labute approximate surface area is 331 Å². The molecule has 0 bridgehead atoms. The van der Waals surface area contributed by atoms with Crippen LogP contribution in [0.4, 0.5) is 9.59 Å². The summed E-state index contributed by atoms with van der Waals surface area (Å²) in [5.74, 6) is -6.77. The molecule has 58 heavy (non-hydrogen) atoms. The molecule has 3 rings (SSSR count). The van der Waals surface area contributed by atoms with Gasteiger partial charge in [-0.2, -0.15) is 0 Å². The van der Waals surface area contributed by atoms with Crippen LogP contribution in [-0.2, 0) is 40.1 Å². The topological polar surface area (TPSA) is 411 Å². The Balaban J connectivity index is 1.98. The molecular weight excluding hydrogens is 768 g/mol. The van der Waals surface area contributed by atoms with E-state index in [4.69, 9.17) is 27.7 Å². The third-order valence-electron chi connectivity index (χ3n) is 8.43. The predicted molar refractivity (Wildman–Crippen MR) is 201 cm³/mol. The molecule has 318 valence electrons. The van der Waals surface area contributed by atoms with Crippen LogP contribution in [0.15, 0.2) is 47.2 Å². The standard InChI is InChI=1S/C33H50N14O11/c34-8-4-7-17(35)9-24(50)40-19-11-38-30(55)25(18-10-23(45-31(36)44-18)46-33(57)58-15-16-5-2-1-3-6-16)47-27(52)20(12-39-32(37)56)41-28(53)21(13-48)43-29(54)22(14-49)42-26(19)51/h1-3,5-6,12,17-19,21-23,25,48-49H,4,7-11,13-15,34-35H2,(H,38,55)(H,40,50)(H,41,53)(H,42,51)(H,43,54)(H,46,57)(H,47,52)(H3,36,44,45)(H3,37,39,56)/b20-12-/t17-,18?,19?,21+,22+,23?,25+/m0/s1. The Morgan fingerprint density at radius 1 is 0.931 bits per heavy atom. The second-order valence-electron chi connectivity index (χ2n) is 13.0. The number of carbonyl (C=O) groups is 8. The molecular formula is C33H50N14O11. The Bertz CT molecular complexity index is 1710. The van der Waals surface area contributed by atoms with Gasteiger partial charge in [-0.25, -0.2) is 14.6 Å². The molecule has 25 nitrogen and oxygen atoms in total. The van der Waals surface area contributed by atoms with E-state index >= 15 is 0 Å². The zero-order valence-corrected chi connectivity index (χ0v) is 31.2. The quantitative estimate of drug-likeness (QED) is 0.0823. The average Bonchev–Trinajstić information content (AvgIpc) is 3.18. The number of ether oxygens (including phenoxy) is 1. The Kier molecular flexibility index (Phi) is 18.1. The highest BCUT2D eigenvalue weighted by atomic mass is 16.5. The smallest absolute Gasteiger partial charge is 0.409 e. The fourth-order valence-electron chi connectivity index (χ4n) is 5.48. The van der Waals surface area contributed by atoms with Gasteiger partial charge in [-0.05, 0) is 24.9 Å². The number of aliphatic hydroxyl groups is 2. The van der Waals surface area contributed by atoms with Crippen LogP contribution in [0.25, 0.3) is 0 Å². The molecule has 3 unspecified atom stereocenters. The summed E-state index contributed by atoms with van der Waals surface area (Å²) in [7, 11) is 0. The summed E-state index contributed by atoms with van der Waals surface area (Å²) < 4.78 is 5.26. The van der Waals surface area contributed by atoms with E-state index in [0.717, 1.165) is 0 Å². The fraction of sp³-hybridized carbons (Fsp3) is 0.485. The molecule has 0 aromatic heterocycles. The van der Waals surface area contributed by atoms with Crippen molar-refractivity contribution in [3.05, 3.63) is 47.8 Å². The molecule has 1 aromatic rings. The summed E-state index contributed by atoms with van der Waals surface area (Å²) in [6.45, 7) is -2.55. The zero-order valence-electron chi connectivity index (χ0n) is 31.2. The van der Waals surface area contributed by atoms with Crippen LogP contribution in [0.1, 0.15) is 31.2 Å². The van der Waals surface area contributed by atoms with E-state index in [1.54, 1.807) is 30.3 Å². The summed E-state index contributed by atoms with van der Waals surface area (Å²) in [5.41, 5.74) is 22.6. The molecule has 25 heteroatoms. The molecule has 9 amide bonds. The van der Waals surface area contributed by atoms with Crippen LogP contribution < -0.4 is 70.8 Å². The molecule has 1 aromatic carbocycles. The van der Waals surface area contributed by atoms with Crippen molar-refractivity contribution in [2.75, 3.05) is 26.3 Å². The Morgan fingerprint density at radius 3 is 2.26 bits per heavy atom.